The van der Waals surface area contributed by atoms with E-state index in [-0.39, 0.29) is 5.41 Å². The van der Waals surface area contributed by atoms with Gasteiger partial charge in [-0.15, -0.1) is 0 Å². The summed E-state index contributed by atoms with van der Waals surface area (Å²) in [6.45, 7) is 4.80. The summed E-state index contributed by atoms with van der Waals surface area (Å²) in [6, 6.07) is 82.8. The number of anilines is 5. The van der Waals surface area contributed by atoms with Gasteiger partial charge >= 0.3 is 0 Å². The molecule has 0 spiro atoms. The van der Waals surface area contributed by atoms with Crippen LogP contribution < -0.4 is 9.80 Å². The maximum Gasteiger partial charge on any atom is 0.0497 e. The van der Waals surface area contributed by atoms with Crippen LogP contribution in [0.15, 0.2) is 242 Å². The number of para-hydroxylation sites is 3. The third-order valence-corrected chi connectivity index (χ3v) is 16.7. The Labute approximate surface area is 427 Å². The van der Waals surface area contributed by atoms with E-state index in [9.17, 15) is 0 Å². The number of benzene rings is 11. The molecule has 0 N–H and O–H groups in total. The molecule has 4 aliphatic rings. The Hall–Kier alpha value is -8.72. The molecule has 15 rings (SSSR count). The van der Waals surface area contributed by atoms with Crippen molar-refractivity contribution < 1.29 is 0 Å². The Kier molecular flexibility index (Phi) is 9.29. The lowest BCUT2D eigenvalue weighted by Crippen LogP contribution is -2.24. The third kappa shape index (κ3) is 6.49. The predicted octanol–water partition coefficient (Wildman–Crippen LogP) is 19.1. The summed E-state index contributed by atoms with van der Waals surface area (Å²) in [5.41, 5.74) is 25.6. The lowest BCUT2D eigenvalue weighted by Gasteiger charge is -2.36. The Bertz CT molecular complexity index is 4140. The van der Waals surface area contributed by atoms with Gasteiger partial charge in [0, 0.05) is 46.0 Å². The standard InChI is InChI=1S/C71H52N2/c1-71(2)63-22-10-9-21-57(63)58-36-33-54(42-64(58)71)70-60-38-35-55(72-65-23-11-5-17-50(65)40-51-18-6-12-24-66(51)72)43-61(60)69(47-30-27-46(28-31-47)49-32-29-45-15-3-4-16-48(45)39-49)59-37-34-56(44-62(59)70)73-67-25-13-7-19-52(67)41-53-20-8-14-26-68(53)73/h3-5,7-17,19-39,42-44H,6,18,40-41H2,1-2H3. The number of hydrogen-bond donors (Lipinski definition) is 0. The van der Waals surface area contributed by atoms with Crippen molar-refractivity contribution in [1.29, 1.82) is 0 Å². The van der Waals surface area contributed by atoms with Gasteiger partial charge in [0.1, 0.15) is 0 Å². The molecule has 0 saturated carbocycles. The highest BCUT2D eigenvalue weighted by Gasteiger charge is 2.36. The molecule has 0 amide bonds. The summed E-state index contributed by atoms with van der Waals surface area (Å²) < 4.78 is 0. The molecule has 11 aromatic rings. The fourth-order valence-electron chi connectivity index (χ4n) is 13.2. The molecule has 0 bridgehead atoms. The van der Waals surface area contributed by atoms with Crippen LogP contribution in [0.3, 0.4) is 0 Å². The van der Waals surface area contributed by atoms with Crippen LogP contribution in [-0.2, 0) is 18.3 Å². The number of allylic oxidation sites excluding steroid dienone is 3. The minimum Gasteiger partial charge on any atom is -0.310 e. The van der Waals surface area contributed by atoms with E-state index in [0.29, 0.717) is 0 Å². The van der Waals surface area contributed by atoms with Crippen molar-refractivity contribution in [3.63, 3.8) is 0 Å². The van der Waals surface area contributed by atoms with Gasteiger partial charge in [-0.05, 0) is 190 Å². The van der Waals surface area contributed by atoms with Crippen LogP contribution in [0.5, 0.6) is 0 Å². The van der Waals surface area contributed by atoms with Crippen molar-refractivity contribution in [2.24, 2.45) is 0 Å². The summed E-state index contributed by atoms with van der Waals surface area (Å²) >= 11 is 0. The predicted molar refractivity (Wildman–Crippen MR) is 308 cm³/mol. The zero-order valence-electron chi connectivity index (χ0n) is 41.2. The minimum atomic E-state index is -0.152. The van der Waals surface area contributed by atoms with E-state index in [2.05, 4.69) is 254 Å². The van der Waals surface area contributed by atoms with E-state index < -0.39 is 0 Å². The monoisotopic (exact) mass is 932 g/mol. The second kappa shape index (κ2) is 16.2. The molecule has 2 aliphatic heterocycles. The SMILES string of the molecule is CC1(C)c2ccccc2-c2ccc(-c3c4ccc(N5C6=C(CCC=C6)Cc6ccccc65)cc4c(-c4ccc(-c5ccc6ccccc6c5)cc4)c4ccc(N5c6ccccc6Cc6ccccc65)cc34)cc21. The van der Waals surface area contributed by atoms with Gasteiger partial charge in [0.25, 0.3) is 0 Å². The fraction of sp³-hybridized carbons (Fsp3) is 0.0986. The zero-order valence-corrected chi connectivity index (χ0v) is 41.2. The minimum absolute atomic E-state index is 0.152. The number of fused-ring (bicyclic) bond motifs is 9. The molecule has 0 atom stereocenters. The van der Waals surface area contributed by atoms with Crippen molar-refractivity contribution in [2.75, 3.05) is 9.80 Å². The normalized spacial score (nSPS) is 15.0. The summed E-state index contributed by atoms with van der Waals surface area (Å²) in [5, 5.41) is 7.47. The number of rotatable bonds is 5. The quantitative estimate of drug-likeness (QED) is 0.159. The second-order valence-electron chi connectivity index (χ2n) is 21.1. The van der Waals surface area contributed by atoms with Crippen LogP contribution in [0.25, 0.3) is 76.8 Å². The van der Waals surface area contributed by atoms with Gasteiger partial charge in [0.2, 0.25) is 0 Å². The van der Waals surface area contributed by atoms with Gasteiger partial charge in [0.05, 0.1) is 0 Å². The van der Waals surface area contributed by atoms with Gasteiger partial charge in [-0.1, -0.05) is 184 Å². The Balaban J connectivity index is 1.02. The molecule has 346 valence electrons. The van der Waals surface area contributed by atoms with E-state index in [1.54, 1.807) is 0 Å². The fourth-order valence-corrected chi connectivity index (χ4v) is 13.2. The molecule has 0 fully saturated rings. The highest BCUT2D eigenvalue weighted by molar-refractivity contribution is 6.23. The van der Waals surface area contributed by atoms with Crippen molar-refractivity contribution in [3.8, 4) is 44.5 Å². The van der Waals surface area contributed by atoms with Crippen LogP contribution in [0.4, 0.5) is 28.4 Å². The number of nitrogens with zero attached hydrogens (tertiary/aromatic N) is 2. The Morgan fingerprint density at radius 2 is 0.932 bits per heavy atom. The van der Waals surface area contributed by atoms with Gasteiger partial charge in [-0.25, -0.2) is 0 Å². The first-order chi connectivity index (χ1) is 35.9. The molecule has 0 radical (unpaired) electrons. The van der Waals surface area contributed by atoms with Gasteiger partial charge in [0.15, 0.2) is 0 Å². The highest BCUT2D eigenvalue weighted by Crippen LogP contribution is 2.54. The lowest BCUT2D eigenvalue weighted by molar-refractivity contribution is 0.660. The molecule has 2 aliphatic carbocycles. The van der Waals surface area contributed by atoms with Crippen molar-refractivity contribution in [3.05, 3.63) is 270 Å². The molecule has 11 aromatic carbocycles. The molecule has 73 heavy (non-hydrogen) atoms. The summed E-state index contributed by atoms with van der Waals surface area (Å²) in [4.78, 5) is 5.05. The Morgan fingerprint density at radius 1 is 0.384 bits per heavy atom. The summed E-state index contributed by atoms with van der Waals surface area (Å²) in [5.74, 6) is 0. The lowest BCUT2D eigenvalue weighted by atomic mass is 9.80. The van der Waals surface area contributed by atoms with Gasteiger partial charge in [-0.3, -0.25) is 0 Å². The van der Waals surface area contributed by atoms with Crippen LogP contribution in [-0.4, -0.2) is 0 Å². The molecular weight excluding hydrogens is 881 g/mol. The molecule has 2 heteroatoms. The van der Waals surface area contributed by atoms with Crippen molar-refractivity contribution >= 4 is 60.8 Å². The maximum atomic E-state index is 2.54. The van der Waals surface area contributed by atoms with E-state index >= 15 is 0 Å². The summed E-state index contributed by atoms with van der Waals surface area (Å²) in [6.07, 6.45) is 8.81. The van der Waals surface area contributed by atoms with E-state index in [0.717, 1.165) is 31.4 Å². The molecule has 0 unspecified atom stereocenters. The maximum absolute atomic E-state index is 2.54. The first-order valence-electron chi connectivity index (χ1n) is 26.0. The van der Waals surface area contributed by atoms with Crippen molar-refractivity contribution in [1.82, 2.24) is 0 Å². The molecule has 0 aromatic heterocycles. The van der Waals surface area contributed by atoms with E-state index in [1.165, 1.54) is 139 Å². The van der Waals surface area contributed by atoms with Gasteiger partial charge in [-0.2, -0.15) is 0 Å². The largest absolute Gasteiger partial charge is 0.310 e. The van der Waals surface area contributed by atoms with Crippen molar-refractivity contribution in [2.45, 2.75) is 44.9 Å². The second-order valence-corrected chi connectivity index (χ2v) is 21.1. The van der Waals surface area contributed by atoms with E-state index in [1.807, 2.05) is 0 Å². The number of hydrogen-bond acceptors (Lipinski definition) is 2. The average molecular weight is 933 g/mol. The van der Waals surface area contributed by atoms with Crippen LogP contribution in [0, 0.1) is 0 Å². The first-order valence-corrected chi connectivity index (χ1v) is 26.0. The third-order valence-electron chi connectivity index (χ3n) is 16.7. The van der Waals surface area contributed by atoms with Crippen LogP contribution in [0.1, 0.15) is 54.5 Å². The summed E-state index contributed by atoms with van der Waals surface area (Å²) in [7, 11) is 0. The smallest absolute Gasteiger partial charge is 0.0497 e. The molecule has 2 nitrogen and oxygen atoms in total. The highest BCUT2D eigenvalue weighted by atomic mass is 15.2. The molecule has 2 heterocycles. The Morgan fingerprint density at radius 3 is 1.66 bits per heavy atom. The first kappa shape index (κ1) is 42.0. The average Bonchev–Trinajstić information content (AvgIpc) is 3.69. The molecular formula is C71H52N2. The molecule has 0 saturated heterocycles. The zero-order chi connectivity index (χ0) is 48.4. The van der Waals surface area contributed by atoms with E-state index in [4.69, 9.17) is 0 Å². The van der Waals surface area contributed by atoms with Crippen LogP contribution >= 0.6 is 0 Å². The topological polar surface area (TPSA) is 6.48 Å². The van der Waals surface area contributed by atoms with Crippen LogP contribution in [0.2, 0.25) is 0 Å². The van der Waals surface area contributed by atoms with Gasteiger partial charge < -0.3 is 9.80 Å².